The fourth-order valence-corrected chi connectivity index (χ4v) is 3.15. The molecule has 0 amide bonds. The summed E-state index contributed by atoms with van der Waals surface area (Å²) in [5, 5.41) is 0. The molecule has 0 heterocycles. The zero-order chi connectivity index (χ0) is 11.0. The van der Waals surface area contributed by atoms with Crippen LogP contribution in [0.1, 0.15) is 41.0 Å². The highest BCUT2D eigenvalue weighted by molar-refractivity contribution is 6.44. The Kier molecular flexibility index (Phi) is 8.53. The van der Waals surface area contributed by atoms with Crippen molar-refractivity contribution in [1.82, 2.24) is 0 Å². The summed E-state index contributed by atoms with van der Waals surface area (Å²) in [6, 6.07) is 1.14. The molecule has 0 saturated heterocycles. The molecule has 0 aliphatic rings. The van der Waals surface area contributed by atoms with E-state index in [0.717, 1.165) is 19.3 Å². The van der Waals surface area contributed by atoms with Crippen molar-refractivity contribution in [3.05, 3.63) is 0 Å². The summed E-state index contributed by atoms with van der Waals surface area (Å²) in [5.41, 5.74) is 0. The lowest BCUT2D eigenvalue weighted by Gasteiger charge is -2.18. The van der Waals surface area contributed by atoms with E-state index in [4.69, 9.17) is 8.85 Å². The maximum atomic E-state index is 5.81. The zero-order valence-electron chi connectivity index (χ0n) is 10.4. The monoisotopic (exact) mass is 218 g/mol. The lowest BCUT2D eigenvalue weighted by atomic mass is 10.2. The molecule has 0 bridgehead atoms. The van der Waals surface area contributed by atoms with Gasteiger partial charge in [0, 0.05) is 13.2 Å². The lowest BCUT2D eigenvalue weighted by Crippen LogP contribution is -2.26. The summed E-state index contributed by atoms with van der Waals surface area (Å²) in [6.45, 7) is 12.6. The van der Waals surface area contributed by atoms with E-state index in [2.05, 4.69) is 34.6 Å². The molecule has 0 atom stereocenters. The highest BCUT2D eigenvalue weighted by atomic mass is 28.3. The molecule has 0 aromatic rings. The Balaban J connectivity index is 3.65. The van der Waals surface area contributed by atoms with Gasteiger partial charge < -0.3 is 8.85 Å². The van der Waals surface area contributed by atoms with Gasteiger partial charge in [-0.3, -0.25) is 0 Å². The second-order valence-electron chi connectivity index (χ2n) is 4.67. The van der Waals surface area contributed by atoms with E-state index in [9.17, 15) is 0 Å². The maximum absolute atomic E-state index is 5.81. The van der Waals surface area contributed by atoms with Gasteiger partial charge in [0.2, 0.25) is 0 Å². The molecule has 0 aromatic carbocycles. The summed E-state index contributed by atoms with van der Waals surface area (Å²) in [7, 11) is -1.35. The second-order valence-corrected chi connectivity index (χ2v) is 6.78. The van der Waals surface area contributed by atoms with Gasteiger partial charge in [-0.1, -0.05) is 41.0 Å². The number of hydrogen-bond acceptors (Lipinski definition) is 2. The minimum atomic E-state index is -1.35. The summed E-state index contributed by atoms with van der Waals surface area (Å²) in [6.07, 6.45) is 1.17. The van der Waals surface area contributed by atoms with Crippen molar-refractivity contribution in [2.24, 2.45) is 11.8 Å². The smallest absolute Gasteiger partial charge is 0.321 e. The van der Waals surface area contributed by atoms with Gasteiger partial charge in [0.05, 0.1) is 0 Å². The molecule has 14 heavy (non-hydrogen) atoms. The molecule has 0 N–H and O–H groups in total. The van der Waals surface area contributed by atoms with Gasteiger partial charge >= 0.3 is 9.28 Å². The Hall–Kier alpha value is 0.137. The van der Waals surface area contributed by atoms with Crippen LogP contribution in [0.15, 0.2) is 0 Å². The van der Waals surface area contributed by atoms with Crippen LogP contribution in [-0.2, 0) is 8.85 Å². The summed E-state index contributed by atoms with van der Waals surface area (Å²) in [5.74, 6) is 1.23. The molecule has 0 spiro atoms. The quantitative estimate of drug-likeness (QED) is 0.583. The van der Waals surface area contributed by atoms with Gasteiger partial charge in [0.25, 0.3) is 0 Å². The topological polar surface area (TPSA) is 18.5 Å². The van der Waals surface area contributed by atoms with E-state index in [0.29, 0.717) is 11.8 Å². The van der Waals surface area contributed by atoms with Crippen molar-refractivity contribution < 1.29 is 8.85 Å². The normalized spacial score (nSPS) is 12.0. The average molecular weight is 218 g/mol. The molecule has 0 fully saturated rings. The predicted octanol–water partition coefficient (Wildman–Crippen LogP) is 2.96. The standard InChI is InChI=1S/C11H26O2Si/c1-6-7-14(12-8-10(2)3)13-9-11(4)5/h10-11,14H,6-9H2,1-5H3. The van der Waals surface area contributed by atoms with E-state index < -0.39 is 9.28 Å². The van der Waals surface area contributed by atoms with Crippen LogP contribution in [0.2, 0.25) is 6.04 Å². The summed E-state index contributed by atoms with van der Waals surface area (Å²) < 4.78 is 11.6. The maximum Gasteiger partial charge on any atom is 0.321 e. The number of hydrogen-bond donors (Lipinski definition) is 0. The average Bonchev–Trinajstić information content (AvgIpc) is 2.09. The summed E-state index contributed by atoms with van der Waals surface area (Å²) in [4.78, 5) is 0. The van der Waals surface area contributed by atoms with Gasteiger partial charge in [-0.25, -0.2) is 0 Å². The second kappa shape index (κ2) is 8.45. The van der Waals surface area contributed by atoms with Crippen molar-refractivity contribution in [2.45, 2.75) is 47.1 Å². The molecule has 0 aliphatic carbocycles. The van der Waals surface area contributed by atoms with Crippen LogP contribution in [0.5, 0.6) is 0 Å². The Morgan fingerprint density at radius 3 is 1.64 bits per heavy atom. The molecule has 3 heteroatoms. The fraction of sp³-hybridized carbons (Fsp3) is 1.00. The minimum absolute atomic E-state index is 0.615. The van der Waals surface area contributed by atoms with E-state index in [1.54, 1.807) is 0 Å². The van der Waals surface area contributed by atoms with Crippen molar-refractivity contribution in [1.29, 1.82) is 0 Å². The van der Waals surface area contributed by atoms with Crippen LogP contribution in [0, 0.1) is 11.8 Å². The van der Waals surface area contributed by atoms with Crippen molar-refractivity contribution in [2.75, 3.05) is 13.2 Å². The lowest BCUT2D eigenvalue weighted by molar-refractivity contribution is 0.163. The largest absolute Gasteiger partial charge is 0.396 e. The molecule has 86 valence electrons. The number of rotatable bonds is 8. The van der Waals surface area contributed by atoms with E-state index in [1.165, 1.54) is 6.42 Å². The molecular weight excluding hydrogens is 192 g/mol. The van der Waals surface area contributed by atoms with Crippen molar-refractivity contribution >= 4 is 9.28 Å². The van der Waals surface area contributed by atoms with E-state index >= 15 is 0 Å². The molecule has 0 saturated carbocycles. The minimum Gasteiger partial charge on any atom is -0.396 e. The molecule has 0 radical (unpaired) electrons. The Morgan fingerprint density at radius 2 is 1.36 bits per heavy atom. The molecule has 0 rings (SSSR count). The van der Waals surface area contributed by atoms with Gasteiger partial charge in [-0.05, 0) is 17.9 Å². The van der Waals surface area contributed by atoms with E-state index in [1.807, 2.05) is 0 Å². The first kappa shape index (κ1) is 14.1. The highest BCUT2D eigenvalue weighted by Gasteiger charge is 2.13. The van der Waals surface area contributed by atoms with Crippen LogP contribution in [-0.4, -0.2) is 22.5 Å². The first-order valence-electron chi connectivity index (χ1n) is 5.79. The molecule has 0 aromatic heterocycles. The first-order chi connectivity index (χ1) is 6.56. The van der Waals surface area contributed by atoms with Gasteiger partial charge in [0.15, 0.2) is 0 Å². The van der Waals surface area contributed by atoms with Crippen LogP contribution in [0.4, 0.5) is 0 Å². The molecule has 2 nitrogen and oxygen atoms in total. The van der Waals surface area contributed by atoms with Crippen LogP contribution in [0.25, 0.3) is 0 Å². The third-order valence-electron chi connectivity index (χ3n) is 1.76. The Morgan fingerprint density at radius 1 is 0.929 bits per heavy atom. The third kappa shape index (κ3) is 8.72. The van der Waals surface area contributed by atoms with E-state index in [-0.39, 0.29) is 0 Å². The van der Waals surface area contributed by atoms with Gasteiger partial charge in [0.1, 0.15) is 0 Å². The Labute approximate surface area is 90.8 Å². The van der Waals surface area contributed by atoms with Crippen molar-refractivity contribution in [3.63, 3.8) is 0 Å². The molecule has 0 unspecified atom stereocenters. The van der Waals surface area contributed by atoms with Crippen LogP contribution in [0.3, 0.4) is 0 Å². The molecule has 0 aliphatic heterocycles. The molecular formula is C11H26O2Si. The van der Waals surface area contributed by atoms with Crippen LogP contribution >= 0.6 is 0 Å². The predicted molar refractivity (Wildman–Crippen MR) is 63.8 cm³/mol. The zero-order valence-corrected chi connectivity index (χ0v) is 11.5. The van der Waals surface area contributed by atoms with Gasteiger partial charge in [-0.15, -0.1) is 0 Å². The van der Waals surface area contributed by atoms with Crippen LogP contribution < -0.4 is 0 Å². The van der Waals surface area contributed by atoms with Crippen molar-refractivity contribution in [3.8, 4) is 0 Å². The third-order valence-corrected chi connectivity index (χ3v) is 3.93. The summed E-state index contributed by atoms with van der Waals surface area (Å²) >= 11 is 0. The SMILES string of the molecule is CCC[SiH](OCC(C)C)OCC(C)C. The highest BCUT2D eigenvalue weighted by Crippen LogP contribution is 2.06. The first-order valence-corrected chi connectivity index (χ1v) is 7.55. The van der Waals surface area contributed by atoms with Gasteiger partial charge in [-0.2, -0.15) is 0 Å². The Bertz CT molecular complexity index is 114. The fourth-order valence-electron chi connectivity index (χ4n) is 1.05.